The minimum Gasteiger partial charge on any atom is -0.460 e. The molecule has 1 aliphatic rings. The SMILES string of the molecule is NCC1CC(Br)C(=O)O1. The number of carbonyl (C=O) groups is 1. The van der Waals surface area contributed by atoms with Gasteiger partial charge in [-0.25, -0.2) is 0 Å². The van der Waals surface area contributed by atoms with Crippen LogP contribution in [0.25, 0.3) is 0 Å². The van der Waals surface area contributed by atoms with Gasteiger partial charge in [-0.3, -0.25) is 4.79 Å². The minimum absolute atomic E-state index is 0.0677. The Hall–Kier alpha value is -0.0900. The fraction of sp³-hybridized carbons (Fsp3) is 0.800. The van der Waals surface area contributed by atoms with E-state index in [1.165, 1.54) is 0 Å². The van der Waals surface area contributed by atoms with Crippen LogP contribution in [0.1, 0.15) is 6.42 Å². The summed E-state index contributed by atoms with van der Waals surface area (Å²) >= 11 is 3.15. The van der Waals surface area contributed by atoms with Crippen LogP contribution in [0.5, 0.6) is 0 Å². The van der Waals surface area contributed by atoms with Gasteiger partial charge in [0.05, 0.1) is 0 Å². The van der Waals surface area contributed by atoms with Gasteiger partial charge in [0.25, 0.3) is 0 Å². The number of hydrogen-bond donors (Lipinski definition) is 1. The number of halogens is 1. The summed E-state index contributed by atoms with van der Waals surface area (Å²) in [6.45, 7) is 0.424. The predicted molar refractivity (Wildman–Crippen MR) is 36.3 cm³/mol. The van der Waals surface area contributed by atoms with Gasteiger partial charge < -0.3 is 10.5 Å². The lowest BCUT2D eigenvalue weighted by atomic mass is 10.2. The van der Waals surface area contributed by atoms with Gasteiger partial charge in [-0.15, -0.1) is 0 Å². The van der Waals surface area contributed by atoms with E-state index >= 15 is 0 Å². The van der Waals surface area contributed by atoms with Gasteiger partial charge in [-0.05, 0) is 0 Å². The molecule has 2 unspecified atom stereocenters. The zero-order valence-corrected chi connectivity index (χ0v) is 6.43. The molecular formula is C5H8BrNO2. The first kappa shape index (κ1) is 7.02. The summed E-state index contributed by atoms with van der Waals surface area (Å²) in [7, 11) is 0. The Kier molecular flexibility index (Phi) is 2.08. The van der Waals surface area contributed by atoms with Crippen LogP contribution in [0.4, 0.5) is 0 Å². The van der Waals surface area contributed by atoms with Gasteiger partial charge in [-0.1, -0.05) is 15.9 Å². The molecule has 52 valence electrons. The van der Waals surface area contributed by atoms with Crippen LogP contribution in [0.2, 0.25) is 0 Å². The summed E-state index contributed by atoms with van der Waals surface area (Å²) < 4.78 is 4.81. The topological polar surface area (TPSA) is 52.3 Å². The maximum absolute atomic E-state index is 10.6. The molecule has 0 amide bonds. The lowest BCUT2D eigenvalue weighted by molar-refractivity contribution is -0.140. The number of rotatable bonds is 1. The highest BCUT2D eigenvalue weighted by Gasteiger charge is 2.30. The van der Waals surface area contributed by atoms with Crippen LogP contribution in [0.3, 0.4) is 0 Å². The molecule has 0 saturated carbocycles. The molecule has 4 heteroatoms. The van der Waals surface area contributed by atoms with E-state index in [1.54, 1.807) is 0 Å². The van der Waals surface area contributed by atoms with Crippen LogP contribution < -0.4 is 5.73 Å². The van der Waals surface area contributed by atoms with Crippen LogP contribution in [-0.2, 0) is 9.53 Å². The fourth-order valence-electron chi connectivity index (χ4n) is 0.758. The summed E-state index contributed by atoms with van der Waals surface area (Å²) in [5.74, 6) is -0.189. The number of esters is 1. The smallest absolute Gasteiger partial charge is 0.320 e. The maximum Gasteiger partial charge on any atom is 0.320 e. The third-order valence-corrected chi connectivity index (χ3v) is 2.02. The summed E-state index contributed by atoms with van der Waals surface area (Å²) in [4.78, 5) is 10.5. The largest absolute Gasteiger partial charge is 0.460 e. The quantitative estimate of drug-likeness (QED) is 0.473. The molecule has 1 heterocycles. The number of carbonyl (C=O) groups excluding carboxylic acids is 1. The Morgan fingerprint density at radius 3 is 2.78 bits per heavy atom. The van der Waals surface area contributed by atoms with Crippen molar-refractivity contribution in [3.05, 3.63) is 0 Å². The molecule has 1 aliphatic heterocycles. The van der Waals surface area contributed by atoms with Gasteiger partial charge in [0.15, 0.2) is 0 Å². The van der Waals surface area contributed by atoms with Crippen LogP contribution in [0.15, 0.2) is 0 Å². The molecule has 0 aliphatic carbocycles. The average Bonchev–Trinajstić information content (AvgIpc) is 2.13. The Balaban J connectivity index is 2.44. The Morgan fingerprint density at radius 2 is 2.56 bits per heavy atom. The molecule has 1 saturated heterocycles. The van der Waals surface area contributed by atoms with E-state index in [-0.39, 0.29) is 16.9 Å². The second-order valence-corrected chi connectivity index (χ2v) is 3.10. The molecular weight excluding hydrogens is 186 g/mol. The van der Waals surface area contributed by atoms with E-state index in [2.05, 4.69) is 15.9 Å². The second-order valence-electron chi connectivity index (χ2n) is 2.00. The van der Waals surface area contributed by atoms with Crippen molar-refractivity contribution < 1.29 is 9.53 Å². The van der Waals surface area contributed by atoms with Crippen LogP contribution in [-0.4, -0.2) is 23.4 Å². The van der Waals surface area contributed by atoms with Gasteiger partial charge in [-0.2, -0.15) is 0 Å². The van der Waals surface area contributed by atoms with E-state index in [1.807, 2.05) is 0 Å². The van der Waals surface area contributed by atoms with E-state index < -0.39 is 0 Å². The third-order valence-electron chi connectivity index (χ3n) is 1.27. The number of hydrogen-bond acceptors (Lipinski definition) is 3. The summed E-state index contributed by atoms with van der Waals surface area (Å²) in [5.41, 5.74) is 5.26. The molecule has 0 bridgehead atoms. The highest BCUT2D eigenvalue weighted by molar-refractivity contribution is 9.10. The van der Waals surface area contributed by atoms with E-state index in [9.17, 15) is 4.79 Å². The van der Waals surface area contributed by atoms with Gasteiger partial charge in [0, 0.05) is 13.0 Å². The number of ether oxygens (including phenoxy) is 1. The highest BCUT2D eigenvalue weighted by atomic mass is 79.9. The predicted octanol–water partition coefficient (Wildman–Crippen LogP) is 0.0241. The average molecular weight is 194 g/mol. The lowest BCUT2D eigenvalue weighted by Crippen LogP contribution is -2.18. The molecule has 9 heavy (non-hydrogen) atoms. The normalized spacial score (nSPS) is 34.7. The molecule has 1 rings (SSSR count). The van der Waals surface area contributed by atoms with Gasteiger partial charge >= 0.3 is 5.97 Å². The second kappa shape index (κ2) is 2.66. The molecule has 3 nitrogen and oxygen atoms in total. The molecule has 0 radical (unpaired) electrons. The highest BCUT2D eigenvalue weighted by Crippen LogP contribution is 2.20. The van der Waals surface area contributed by atoms with Crippen molar-refractivity contribution >= 4 is 21.9 Å². The van der Waals surface area contributed by atoms with Crippen molar-refractivity contribution in [2.24, 2.45) is 5.73 Å². The Labute approximate surface area is 61.7 Å². The molecule has 0 aromatic rings. The summed E-state index contributed by atoms with van der Waals surface area (Å²) in [6.07, 6.45) is 0.636. The van der Waals surface area contributed by atoms with E-state index in [4.69, 9.17) is 10.5 Å². The van der Waals surface area contributed by atoms with Crippen molar-refractivity contribution in [2.45, 2.75) is 17.4 Å². The summed E-state index contributed by atoms with van der Waals surface area (Å²) in [5, 5.41) is 0. The fourth-order valence-corrected chi connectivity index (χ4v) is 1.28. The van der Waals surface area contributed by atoms with Crippen molar-refractivity contribution in [2.75, 3.05) is 6.54 Å². The molecule has 0 aromatic carbocycles. The first-order valence-corrected chi connectivity index (χ1v) is 3.70. The van der Waals surface area contributed by atoms with Crippen molar-refractivity contribution in [3.63, 3.8) is 0 Å². The minimum atomic E-state index is -0.189. The molecule has 0 spiro atoms. The third kappa shape index (κ3) is 1.43. The number of nitrogens with two attached hydrogens (primary N) is 1. The van der Waals surface area contributed by atoms with E-state index in [0.29, 0.717) is 13.0 Å². The van der Waals surface area contributed by atoms with Crippen molar-refractivity contribution in [1.82, 2.24) is 0 Å². The zero-order valence-electron chi connectivity index (χ0n) is 4.84. The molecule has 2 N–H and O–H groups in total. The Morgan fingerprint density at radius 1 is 1.89 bits per heavy atom. The maximum atomic E-state index is 10.6. The number of cyclic esters (lactones) is 1. The van der Waals surface area contributed by atoms with Crippen LogP contribution in [0, 0.1) is 0 Å². The first-order valence-electron chi connectivity index (χ1n) is 2.78. The lowest BCUT2D eigenvalue weighted by Gasteiger charge is -2.01. The van der Waals surface area contributed by atoms with Crippen molar-refractivity contribution in [1.29, 1.82) is 0 Å². The van der Waals surface area contributed by atoms with Crippen molar-refractivity contribution in [3.8, 4) is 0 Å². The number of alkyl halides is 1. The Bertz CT molecular complexity index is 128. The standard InChI is InChI=1S/C5H8BrNO2/c6-4-1-3(2-7)9-5(4)8/h3-4H,1-2,7H2. The summed E-state index contributed by atoms with van der Waals surface area (Å²) in [6, 6.07) is 0. The monoisotopic (exact) mass is 193 g/mol. The van der Waals surface area contributed by atoms with Gasteiger partial charge in [0.2, 0.25) is 0 Å². The van der Waals surface area contributed by atoms with E-state index in [0.717, 1.165) is 0 Å². The van der Waals surface area contributed by atoms with Crippen LogP contribution >= 0.6 is 15.9 Å². The first-order chi connectivity index (χ1) is 4.24. The molecule has 1 fully saturated rings. The molecule has 2 atom stereocenters. The van der Waals surface area contributed by atoms with Gasteiger partial charge in [0.1, 0.15) is 10.9 Å². The molecule has 0 aromatic heterocycles. The zero-order chi connectivity index (χ0) is 6.85.